The van der Waals surface area contributed by atoms with Gasteiger partial charge in [0.05, 0.1) is 25.2 Å². The van der Waals surface area contributed by atoms with E-state index in [0.29, 0.717) is 18.4 Å². The molecule has 0 spiro atoms. The van der Waals surface area contributed by atoms with E-state index in [-0.39, 0.29) is 17.8 Å². The van der Waals surface area contributed by atoms with Crippen LogP contribution in [-0.4, -0.2) is 91.8 Å². The average molecular weight is 505 g/mol. The fraction of sp³-hybridized carbons (Fsp3) is 0.560. The Morgan fingerprint density at radius 2 is 1.75 bits per heavy atom. The number of benzene rings is 1. The third-order valence-corrected chi connectivity index (χ3v) is 7.83. The molecule has 7 atom stereocenters. The molecule has 2 aromatic rings. The number of aromatic nitrogens is 1. The molecule has 2 fully saturated rings. The maximum atomic E-state index is 12.4. The molecule has 3 aliphatic rings. The van der Waals surface area contributed by atoms with Crippen LogP contribution in [-0.2, 0) is 25.5 Å². The van der Waals surface area contributed by atoms with Crippen LogP contribution in [0.2, 0.25) is 0 Å². The highest BCUT2D eigenvalue weighted by atomic mass is 16.5. The van der Waals surface area contributed by atoms with Gasteiger partial charge in [0.25, 0.3) is 0 Å². The van der Waals surface area contributed by atoms with E-state index in [1.807, 2.05) is 0 Å². The predicted molar refractivity (Wildman–Crippen MR) is 126 cm³/mol. The summed E-state index contributed by atoms with van der Waals surface area (Å²) in [5, 5.41) is 44.3. The lowest BCUT2D eigenvalue weighted by molar-refractivity contribution is -0.165. The molecule has 0 bridgehead atoms. The van der Waals surface area contributed by atoms with Gasteiger partial charge in [-0.2, -0.15) is 0 Å². The third-order valence-electron chi connectivity index (χ3n) is 7.83. The van der Waals surface area contributed by atoms with Crippen LogP contribution >= 0.6 is 0 Å². The van der Waals surface area contributed by atoms with Crippen LogP contribution in [0.4, 0.5) is 0 Å². The highest BCUT2D eigenvalue weighted by Crippen LogP contribution is 2.49. The summed E-state index contributed by atoms with van der Waals surface area (Å²) in [5.74, 6) is -3.48. The number of carbonyl (C=O) groups excluding carboxylic acids is 1. The minimum atomic E-state index is -2.27. The molecule has 5 rings (SSSR count). The van der Waals surface area contributed by atoms with Crippen molar-refractivity contribution in [3.8, 4) is 0 Å². The van der Waals surface area contributed by atoms with Crippen LogP contribution in [0.1, 0.15) is 36.6 Å². The number of nitrogens with zero attached hydrogens (tertiary/aromatic N) is 1. The first-order valence-electron chi connectivity index (χ1n) is 12.0. The zero-order valence-corrected chi connectivity index (χ0v) is 19.9. The second-order valence-corrected chi connectivity index (χ2v) is 9.74. The zero-order valence-electron chi connectivity index (χ0n) is 19.9. The summed E-state index contributed by atoms with van der Waals surface area (Å²) < 4.78 is 5.04. The minimum absolute atomic E-state index is 0.199. The second kappa shape index (κ2) is 10.6. The van der Waals surface area contributed by atoms with Gasteiger partial charge < -0.3 is 35.3 Å². The van der Waals surface area contributed by atoms with Gasteiger partial charge >= 0.3 is 17.9 Å². The Kier molecular flexibility index (Phi) is 7.65. The predicted octanol–water partition coefficient (Wildman–Crippen LogP) is 0.524. The molecule has 2 unspecified atom stereocenters. The Bertz CT molecular complexity index is 1110. The van der Waals surface area contributed by atoms with Crippen molar-refractivity contribution in [3.05, 3.63) is 35.5 Å². The summed E-state index contributed by atoms with van der Waals surface area (Å²) in [6, 6.07) is 8.83. The van der Waals surface area contributed by atoms with Gasteiger partial charge in [0, 0.05) is 29.7 Å². The number of carboxylic acid groups (broad SMARTS) is 2. The number of methoxy groups -OCH3 is 1. The lowest BCUT2D eigenvalue weighted by Crippen LogP contribution is -2.53. The summed E-state index contributed by atoms with van der Waals surface area (Å²) in [5.41, 5.74) is 3.96. The van der Waals surface area contributed by atoms with Crippen molar-refractivity contribution in [3.63, 3.8) is 0 Å². The van der Waals surface area contributed by atoms with Gasteiger partial charge in [0.15, 0.2) is 12.2 Å². The van der Waals surface area contributed by atoms with Crippen LogP contribution in [0.3, 0.4) is 0 Å². The van der Waals surface area contributed by atoms with Gasteiger partial charge in [-0.15, -0.1) is 0 Å². The summed E-state index contributed by atoms with van der Waals surface area (Å²) in [6.45, 7) is 2.10. The van der Waals surface area contributed by atoms with Crippen LogP contribution in [0.15, 0.2) is 24.3 Å². The number of ether oxygens (including phenoxy) is 1. The quantitative estimate of drug-likeness (QED) is 0.321. The van der Waals surface area contributed by atoms with Crippen LogP contribution in [0.5, 0.6) is 0 Å². The maximum absolute atomic E-state index is 12.4. The number of aliphatic hydroxyl groups excluding tert-OH is 3. The molecule has 36 heavy (non-hydrogen) atoms. The number of carbonyl (C=O) groups is 3. The van der Waals surface area contributed by atoms with Crippen LogP contribution in [0.25, 0.3) is 10.9 Å². The van der Waals surface area contributed by atoms with Crippen molar-refractivity contribution in [2.45, 2.75) is 50.0 Å². The monoisotopic (exact) mass is 504 g/mol. The van der Waals surface area contributed by atoms with Crippen LogP contribution < -0.4 is 0 Å². The Balaban J connectivity index is 0.000000261. The molecular weight excluding hydrogens is 472 g/mol. The standard InChI is InChI=1S/C21H26N2O3.C4H6O6/c1-26-21(25)19-15-10-17-20-14(13-4-2-3-5-16(13)22-20)8-9-23(17)11-12(15)6-7-18(19)24;5-1(3(7)8)2(6)4(9)10/h2-5,12,15,17-19,22,24H,6-11H2,1H3;1-2,5-6H,(H,7,8)(H,9,10)/t12-,15-,17-,18-,19-;/m0./s1. The van der Waals surface area contributed by atoms with E-state index in [1.165, 1.54) is 29.3 Å². The lowest BCUT2D eigenvalue weighted by atomic mass is 9.65. The van der Waals surface area contributed by atoms with Crippen molar-refractivity contribution in [2.24, 2.45) is 17.8 Å². The molecule has 2 aliphatic heterocycles. The number of nitrogens with one attached hydrogen (secondary N) is 1. The molecule has 1 aromatic carbocycles. The fourth-order valence-corrected chi connectivity index (χ4v) is 6.07. The van der Waals surface area contributed by atoms with Gasteiger partial charge in [0.2, 0.25) is 0 Å². The zero-order chi connectivity index (χ0) is 26.1. The fourth-order valence-electron chi connectivity index (χ4n) is 6.07. The van der Waals surface area contributed by atoms with E-state index in [4.69, 9.17) is 25.2 Å². The molecule has 1 aliphatic carbocycles. The molecule has 1 saturated carbocycles. The second-order valence-electron chi connectivity index (χ2n) is 9.74. The Morgan fingerprint density at radius 3 is 2.39 bits per heavy atom. The van der Waals surface area contributed by atoms with Gasteiger partial charge in [-0.25, -0.2) is 9.59 Å². The average Bonchev–Trinajstić information content (AvgIpc) is 3.25. The number of hydrogen-bond donors (Lipinski definition) is 6. The number of aromatic amines is 1. The Hall–Kier alpha value is -2.99. The van der Waals surface area contributed by atoms with E-state index in [1.54, 1.807) is 0 Å². The lowest BCUT2D eigenvalue weighted by Gasteiger charge is -2.50. The number of piperidine rings is 1. The summed E-state index contributed by atoms with van der Waals surface area (Å²) >= 11 is 0. The van der Waals surface area contributed by atoms with E-state index in [9.17, 15) is 19.5 Å². The van der Waals surface area contributed by atoms with E-state index in [2.05, 4.69) is 34.1 Å². The van der Waals surface area contributed by atoms with Crippen molar-refractivity contribution >= 4 is 28.8 Å². The molecular formula is C25H32N2O9. The van der Waals surface area contributed by atoms with E-state index >= 15 is 0 Å². The number of carboxylic acids is 2. The molecule has 1 saturated heterocycles. The topological polar surface area (TPSA) is 181 Å². The number of aliphatic carboxylic acids is 2. The van der Waals surface area contributed by atoms with Crippen molar-refractivity contribution in [1.29, 1.82) is 0 Å². The third kappa shape index (κ3) is 4.83. The maximum Gasteiger partial charge on any atom is 0.335 e. The molecule has 6 N–H and O–H groups in total. The molecule has 0 radical (unpaired) electrons. The van der Waals surface area contributed by atoms with Gasteiger partial charge in [0.1, 0.15) is 0 Å². The van der Waals surface area contributed by atoms with Gasteiger partial charge in [-0.3, -0.25) is 9.69 Å². The SMILES string of the molecule is COC(=O)[C@H]1[C@H]2C[C@H]3c4[nH]c5ccccc5c4CCN3C[C@@H]2CC[C@@H]1O.O=C(O)C(O)C(O)C(=O)O. The van der Waals surface area contributed by atoms with E-state index < -0.39 is 30.3 Å². The number of rotatable bonds is 4. The van der Waals surface area contributed by atoms with Gasteiger partial charge in [-0.1, -0.05) is 18.2 Å². The number of H-pyrrole nitrogens is 1. The molecule has 11 nitrogen and oxygen atoms in total. The molecule has 3 heterocycles. The molecule has 196 valence electrons. The first kappa shape index (κ1) is 26.1. The minimum Gasteiger partial charge on any atom is -0.479 e. The first-order valence-corrected chi connectivity index (χ1v) is 12.0. The number of aliphatic hydroxyl groups is 3. The number of hydrogen-bond acceptors (Lipinski definition) is 8. The van der Waals surface area contributed by atoms with E-state index in [0.717, 1.165) is 32.4 Å². The number of esters is 1. The summed E-state index contributed by atoms with van der Waals surface area (Å²) in [7, 11) is 1.43. The normalized spacial score (nSPS) is 28.9. The first-order chi connectivity index (χ1) is 17.1. The number of para-hydroxylation sites is 1. The van der Waals surface area contributed by atoms with Crippen LogP contribution in [0, 0.1) is 17.8 Å². The molecule has 11 heteroatoms. The van der Waals surface area contributed by atoms with Gasteiger partial charge in [-0.05, 0) is 49.1 Å². The van der Waals surface area contributed by atoms with Crippen molar-refractivity contribution in [2.75, 3.05) is 20.2 Å². The summed E-state index contributed by atoms with van der Waals surface area (Å²) in [6.07, 6.45) is -1.40. The number of fused-ring (bicyclic) bond motifs is 6. The largest absolute Gasteiger partial charge is 0.479 e. The smallest absolute Gasteiger partial charge is 0.335 e. The Labute approximate surface area is 207 Å². The van der Waals surface area contributed by atoms with Crippen molar-refractivity contribution < 1.29 is 44.7 Å². The molecule has 0 amide bonds. The Morgan fingerprint density at radius 1 is 1.08 bits per heavy atom. The summed E-state index contributed by atoms with van der Waals surface area (Å²) in [4.78, 5) is 38.2. The van der Waals surface area contributed by atoms with Crippen molar-refractivity contribution in [1.82, 2.24) is 9.88 Å². The highest BCUT2D eigenvalue weighted by molar-refractivity contribution is 5.85. The molecule has 1 aromatic heterocycles. The highest BCUT2D eigenvalue weighted by Gasteiger charge is 2.49.